The summed E-state index contributed by atoms with van der Waals surface area (Å²) in [5.74, 6) is 0.0973. The molecule has 2 aromatic rings. The van der Waals surface area contributed by atoms with Crippen molar-refractivity contribution < 1.29 is 14.3 Å². The molecule has 0 bridgehead atoms. The third kappa shape index (κ3) is 4.81. The van der Waals surface area contributed by atoms with E-state index in [2.05, 4.69) is 16.7 Å². The summed E-state index contributed by atoms with van der Waals surface area (Å²) >= 11 is 0. The minimum Gasteiger partial charge on any atom is -0.473 e. The van der Waals surface area contributed by atoms with E-state index in [1.807, 2.05) is 32.9 Å². The highest BCUT2D eigenvalue weighted by molar-refractivity contribution is 5.88. The lowest BCUT2D eigenvalue weighted by Crippen LogP contribution is -2.06. The molecule has 0 aliphatic carbocycles. The SMILES string of the molecule is C=C(C=C(C)C)COc1cc(C)c(-c2cc(C(=O)OCC)nn2C)cn1. The summed E-state index contributed by atoms with van der Waals surface area (Å²) in [6.07, 6.45) is 3.70. The number of rotatable bonds is 7. The largest absolute Gasteiger partial charge is 0.473 e. The maximum absolute atomic E-state index is 11.9. The number of hydrogen-bond acceptors (Lipinski definition) is 5. The summed E-state index contributed by atoms with van der Waals surface area (Å²) in [6.45, 7) is 12.4. The molecule has 2 aromatic heterocycles. The molecule has 0 N–H and O–H groups in total. The summed E-state index contributed by atoms with van der Waals surface area (Å²) in [5, 5.41) is 4.22. The van der Waals surface area contributed by atoms with Crippen LogP contribution in [0.2, 0.25) is 0 Å². The van der Waals surface area contributed by atoms with Crippen molar-refractivity contribution in [2.45, 2.75) is 27.7 Å². The molecule has 26 heavy (non-hydrogen) atoms. The summed E-state index contributed by atoms with van der Waals surface area (Å²) in [6, 6.07) is 3.57. The van der Waals surface area contributed by atoms with E-state index in [4.69, 9.17) is 9.47 Å². The molecule has 0 spiro atoms. The van der Waals surface area contributed by atoms with Gasteiger partial charge in [0.25, 0.3) is 0 Å². The normalized spacial score (nSPS) is 10.3. The number of carbonyl (C=O) groups excluding carboxylic acids is 1. The van der Waals surface area contributed by atoms with E-state index in [1.165, 1.54) is 5.57 Å². The molecule has 2 heterocycles. The van der Waals surface area contributed by atoms with E-state index in [1.54, 1.807) is 30.9 Å². The molecular weight excluding hydrogens is 330 g/mol. The van der Waals surface area contributed by atoms with Crippen LogP contribution < -0.4 is 4.74 Å². The molecule has 0 saturated heterocycles. The number of nitrogens with zero attached hydrogens (tertiary/aromatic N) is 3. The second-order valence-corrected chi connectivity index (χ2v) is 6.26. The van der Waals surface area contributed by atoms with Gasteiger partial charge >= 0.3 is 5.97 Å². The van der Waals surface area contributed by atoms with Gasteiger partial charge in [0.1, 0.15) is 6.61 Å². The van der Waals surface area contributed by atoms with Gasteiger partial charge in [0.2, 0.25) is 5.88 Å². The second kappa shape index (κ2) is 8.47. The zero-order valence-corrected chi connectivity index (χ0v) is 16.0. The Balaban J connectivity index is 2.18. The highest BCUT2D eigenvalue weighted by atomic mass is 16.5. The molecule has 0 unspecified atom stereocenters. The number of aromatic nitrogens is 3. The van der Waals surface area contributed by atoms with E-state index in [0.29, 0.717) is 19.1 Å². The van der Waals surface area contributed by atoms with Gasteiger partial charge in [0, 0.05) is 24.9 Å². The van der Waals surface area contributed by atoms with Gasteiger partial charge < -0.3 is 9.47 Å². The number of allylic oxidation sites excluding steroid dienone is 1. The van der Waals surface area contributed by atoms with Crippen molar-refractivity contribution >= 4 is 5.97 Å². The first-order valence-electron chi connectivity index (χ1n) is 8.45. The molecule has 0 fully saturated rings. The van der Waals surface area contributed by atoms with Gasteiger partial charge in [-0.15, -0.1) is 0 Å². The van der Waals surface area contributed by atoms with Crippen molar-refractivity contribution in [2.75, 3.05) is 13.2 Å². The van der Waals surface area contributed by atoms with Gasteiger partial charge in [-0.1, -0.05) is 18.2 Å². The van der Waals surface area contributed by atoms with Crippen LogP contribution in [0.4, 0.5) is 0 Å². The summed E-state index contributed by atoms with van der Waals surface area (Å²) in [7, 11) is 1.78. The molecule has 0 radical (unpaired) electrons. The zero-order valence-electron chi connectivity index (χ0n) is 16.0. The first-order chi connectivity index (χ1) is 12.3. The van der Waals surface area contributed by atoms with Gasteiger partial charge in [-0.25, -0.2) is 9.78 Å². The molecule has 0 atom stereocenters. The Kier molecular flexibility index (Phi) is 6.33. The minimum atomic E-state index is -0.433. The lowest BCUT2D eigenvalue weighted by atomic mass is 10.1. The maximum Gasteiger partial charge on any atom is 0.358 e. The van der Waals surface area contributed by atoms with E-state index in [0.717, 1.165) is 22.4 Å². The van der Waals surface area contributed by atoms with Crippen molar-refractivity contribution in [1.29, 1.82) is 0 Å². The van der Waals surface area contributed by atoms with Crippen LogP contribution in [0.1, 0.15) is 36.8 Å². The fourth-order valence-electron chi connectivity index (χ4n) is 2.52. The number of esters is 1. The van der Waals surface area contributed by atoms with Crippen LogP contribution in [-0.4, -0.2) is 33.9 Å². The average Bonchev–Trinajstić information content (AvgIpc) is 2.94. The lowest BCUT2D eigenvalue weighted by molar-refractivity contribution is 0.0518. The average molecular weight is 355 g/mol. The van der Waals surface area contributed by atoms with Gasteiger partial charge in [0.15, 0.2) is 5.69 Å². The third-order valence-corrected chi connectivity index (χ3v) is 3.62. The van der Waals surface area contributed by atoms with Gasteiger partial charge in [0.05, 0.1) is 12.3 Å². The monoisotopic (exact) mass is 355 g/mol. The van der Waals surface area contributed by atoms with Crippen molar-refractivity contribution in [3.05, 3.63) is 53.4 Å². The van der Waals surface area contributed by atoms with E-state index in [9.17, 15) is 4.79 Å². The van der Waals surface area contributed by atoms with Crippen molar-refractivity contribution in [1.82, 2.24) is 14.8 Å². The number of carbonyl (C=O) groups is 1. The van der Waals surface area contributed by atoms with Crippen LogP contribution in [0.5, 0.6) is 5.88 Å². The number of hydrogen-bond donors (Lipinski definition) is 0. The Bertz CT molecular complexity index is 846. The Morgan fingerprint density at radius 2 is 2.08 bits per heavy atom. The van der Waals surface area contributed by atoms with Crippen LogP contribution in [-0.2, 0) is 11.8 Å². The highest BCUT2D eigenvalue weighted by Crippen LogP contribution is 2.26. The molecule has 138 valence electrons. The van der Waals surface area contributed by atoms with Crippen molar-refractivity contribution in [2.24, 2.45) is 7.05 Å². The van der Waals surface area contributed by atoms with Crippen molar-refractivity contribution in [3.63, 3.8) is 0 Å². The molecule has 0 saturated carbocycles. The van der Waals surface area contributed by atoms with Crippen molar-refractivity contribution in [3.8, 4) is 17.1 Å². The fourth-order valence-corrected chi connectivity index (χ4v) is 2.52. The summed E-state index contributed by atoms with van der Waals surface area (Å²) in [4.78, 5) is 16.2. The Labute approximate surface area is 154 Å². The van der Waals surface area contributed by atoms with Gasteiger partial charge in [-0.2, -0.15) is 5.10 Å². The maximum atomic E-state index is 11.9. The summed E-state index contributed by atoms with van der Waals surface area (Å²) < 4.78 is 12.3. The van der Waals surface area contributed by atoms with Crippen LogP contribution in [0.25, 0.3) is 11.3 Å². The van der Waals surface area contributed by atoms with Crippen LogP contribution in [0.15, 0.2) is 42.1 Å². The molecule has 6 nitrogen and oxygen atoms in total. The Hall–Kier alpha value is -2.89. The predicted octanol–water partition coefficient (Wildman–Crippen LogP) is 3.87. The number of ether oxygens (including phenoxy) is 2. The third-order valence-electron chi connectivity index (χ3n) is 3.62. The summed E-state index contributed by atoms with van der Waals surface area (Å²) in [5.41, 5.74) is 4.99. The predicted molar refractivity (Wildman–Crippen MR) is 101 cm³/mol. The number of aryl methyl sites for hydroxylation is 2. The van der Waals surface area contributed by atoms with Crippen LogP contribution in [0, 0.1) is 6.92 Å². The smallest absolute Gasteiger partial charge is 0.358 e. The minimum absolute atomic E-state index is 0.280. The first-order valence-corrected chi connectivity index (χ1v) is 8.45. The van der Waals surface area contributed by atoms with Crippen LogP contribution >= 0.6 is 0 Å². The molecule has 0 aromatic carbocycles. The highest BCUT2D eigenvalue weighted by Gasteiger charge is 2.16. The second-order valence-electron chi connectivity index (χ2n) is 6.26. The van der Waals surface area contributed by atoms with E-state index >= 15 is 0 Å². The first kappa shape index (κ1) is 19.4. The molecular formula is C20H25N3O3. The van der Waals surface area contributed by atoms with Gasteiger partial charge in [-0.05, 0) is 44.9 Å². The topological polar surface area (TPSA) is 66.2 Å². The number of pyridine rings is 1. The van der Waals surface area contributed by atoms with Crippen LogP contribution in [0.3, 0.4) is 0 Å². The Morgan fingerprint density at radius 3 is 2.69 bits per heavy atom. The standard InChI is InChI=1S/C20H25N3O3/c1-7-25-20(24)17-10-18(23(6)22-17)16-11-21-19(9-15(16)5)26-12-14(4)8-13(2)3/h8-11H,4,7,12H2,1-3,5-6H3. The molecule has 6 heteroatoms. The molecule has 2 rings (SSSR count). The van der Waals surface area contributed by atoms with E-state index < -0.39 is 5.97 Å². The van der Waals surface area contributed by atoms with Gasteiger partial charge in [-0.3, -0.25) is 4.68 Å². The molecule has 0 amide bonds. The Morgan fingerprint density at radius 1 is 1.35 bits per heavy atom. The molecule has 0 aliphatic heterocycles. The van der Waals surface area contributed by atoms with E-state index in [-0.39, 0.29) is 5.69 Å². The zero-order chi connectivity index (χ0) is 19.3. The lowest BCUT2D eigenvalue weighted by Gasteiger charge is -2.10. The fraction of sp³-hybridized carbons (Fsp3) is 0.350. The molecule has 0 aliphatic rings. The quantitative estimate of drug-likeness (QED) is 0.557.